The van der Waals surface area contributed by atoms with Crippen LogP contribution in [-0.4, -0.2) is 81.7 Å². The molecule has 2 aliphatic rings. The first-order valence-corrected chi connectivity index (χ1v) is 14.2. The van der Waals surface area contributed by atoms with Gasteiger partial charge >= 0.3 is 12.2 Å². The van der Waals surface area contributed by atoms with Crippen LogP contribution < -0.4 is 17.4 Å². The van der Waals surface area contributed by atoms with Gasteiger partial charge in [0.25, 0.3) is 5.01 Å². The molecule has 0 unspecified atom stereocenters. The highest BCUT2D eigenvalue weighted by Crippen LogP contribution is 2.19. The van der Waals surface area contributed by atoms with Crippen LogP contribution in [0.2, 0.25) is 0 Å². The number of aromatic amines is 1. The van der Waals surface area contributed by atoms with Gasteiger partial charge < -0.3 is 41.5 Å². The van der Waals surface area contributed by atoms with E-state index in [1.165, 1.54) is 4.90 Å². The third-order valence-corrected chi connectivity index (χ3v) is 6.58. The monoisotopic (exact) mass is 612 g/mol. The number of alkyl halides is 1. The second-order valence-electron chi connectivity index (χ2n) is 10.4. The van der Waals surface area contributed by atoms with Crippen LogP contribution in [0.1, 0.15) is 51.6 Å². The van der Waals surface area contributed by atoms with Crippen LogP contribution in [0.5, 0.6) is 0 Å². The molecule has 0 aromatic carbocycles. The third kappa shape index (κ3) is 13.4. The van der Waals surface area contributed by atoms with Crippen LogP contribution in [0.3, 0.4) is 0 Å². The summed E-state index contributed by atoms with van der Waals surface area (Å²) in [6.07, 6.45) is 2.77. The molecule has 2 aromatic rings. The first-order valence-electron chi connectivity index (χ1n) is 11.9. The number of amides is 2. The number of rotatable bonds is 4. The highest BCUT2D eigenvalue weighted by molar-refractivity contribution is 7.09. The summed E-state index contributed by atoms with van der Waals surface area (Å²) in [6.45, 7) is 13.6. The van der Waals surface area contributed by atoms with Gasteiger partial charge in [0.15, 0.2) is 6.20 Å². The van der Waals surface area contributed by atoms with Crippen LogP contribution in [0.15, 0.2) is 23.2 Å². The summed E-state index contributed by atoms with van der Waals surface area (Å²) in [7, 11) is 0. The van der Waals surface area contributed by atoms with E-state index < -0.39 is 11.2 Å². The fourth-order valence-corrected chi connectivity index (χ4v) is 4.11. The molecule has 4 rings (SSSR count). The van der Waals surface area contributed by atoms with Gasteiger partial charge in [-0.3, -0.25) is 0 Å². The summed E-state index contributed by atoms with van der Waals surface area (Å²) in [4.78, 5) is 33.1. The lowest BCUT2D eigenvalue weighted by Crippen LogP contribution is -3.00. The van der Waals surface area contributed by atoms with E-state index in [2.05, 4.69) is 9.97 Å². The molecule has 10 nitrogen and oxygen atoms in total. The number of carbonyl (C=O) groups is 2. The molecule has 14 heteroatoms. The van der Waals surface area contributed by atoms with Crippen molar-refractivity contribution in [2.24, 2.45) is 0 Å². The molecule has 2 amide bonds. The molecule has 216 valence electrons. The van der Waals surface area contributed by atoms with Crippen molar-refractivity contribution in [1.29, 1.82) is 0 Å². The molecule has 0 radical (unpaired) electrons. The fraction of sp³-hybridized carbons (Fsp3) is 0.667. The molecule has 2 N–H and O–H groups in total. The molecule has 2 aliphatic heterocycles. The minimum Gasteiger partial charge on any atom is -1.00 e. The van der Waals surface area contributed by atoms with Crippen molar-refractivity contribution in [2.45, 2.75) is 77.4 Å². The van der Waals surface area contributed by atoms with Crippen molar-refractivity contribution in [3.63, 3.8) is 0 Å². The minimum atomic E-state index is -0.447. The number of aromatic nitrogens is 2. The minimum absolute atomic E-state index is 0. The molecule has 0 atom stereocenters. The smallest absolute Gasteiger partial charge is 0.410 e. The molecule has 2 saturated heterocycles. The number of ether oxygens (including phenoxy) is 3. The second kappa shape index (κ2) is 15.8. The van der Waals surface area contributed by atoms with Crippen LogP contribution in [-0.2, 0) is 26.7 Å². The summed E-state index contributed by atoms with van der Waals surface area (Å²) >= 11 is 8.66. The maximum atomic E-state index is 11.7. The van der Waals surface area contributed by atoms with Gasteiger partial charge in [0, 0.05) is 11.6 Å². The highest BCUT2D eigenvalue weighted by atomic mass is 35.5. The summed E-state index contributed by atoms with van der Waals surface area (Å²) < 4.78 is 16.0. The van der Waals surface area contributed by atoms with Crippen molar-refractivity contribution < 1.29 is 46.3 Å². The van der Waals surface area contributed by atoms with Gasteiger partial charge in [0.1, 0.15) is 22.1 Å². The Hall–Kier alpha value is -1.70. The zero-order valence-electron chi connectivity index (χ0n) is 22.6. The number of hydrogen-bond acceptors (Lipinski definition) is 9. The van der Waals surface area contributed by atoms with Gasteiger partial charge in [-0.1, -0.05) is 11.3 Å². The Bertz CT molecular complexity index is 940. The van der Waals surface area contributed by atoms with E-state index in [0.29, 0.717) is 38.7 Å². The zero-order valence-corrected chi connectivity index (χ0v) is 25.8. The number of halogens is 2. The molecule has 2 aromatic heterocycles. The number of thiazole rings is 2. The van der Waals surface area contributed by atoms with E-state index in [9.17, 15) is 9.59 Å². The van der Waals surface area contributed by atoms with Crippen molar-refractivity contribution >= 4 is 46.5 Å². The molecule has 0 spiro atoms. The molecular formula is C24H38Cl2N4O6S2. The Morgan fingerprint density at radius 3 is 1.95 bits per heavy atom. The Labute approximate surface area is 243 Å². The molecule has 2 fully saturated rings. The van der Waals surface area contributed by atoms with Crippen LogP contribution >= 0.6 is 34.3 Å². The van der Waals surface area contributed by atoms with Crippen molar-refractivity contribution in [3.8, 4) is 0 Å². The lowest BCUT2D eigenvalue weighted by Gasteiger charge is -2.39. The molecule has 0 aliphatic carbocycles. The SMILES string of the molecule is CC(C)(C)OC(=O)N1CC(O)C1.CC(C)(C)OC(=O)N1CC(OCc2nccs2)C1.ClCc1[nH+]ccs1.[Cl-]. The van der Waals surface area contributed by atoms with Crippen LogP contribution in [0, 0.1) is 0 Å². The average Bonchev–Trinajstić information content (AvgIpc) is 3.42. The van der Waals surface area contributed by atoms with Crippen molar-refractivity contribution in [1.82, 2.24) is 14.8 Å². The Balaban J connectivity index is 0.000000311. The predicted molar refractivity (Wildman–Crippen MR) is 143 cm³/mol. The highest BCUT2D eigenvalue weighted by Gasteiger charge is 2.34. The first-order chi connectivity index (χ1) is 17.3. The lowest BCUT2D eigenvalue weighted by molar-refractivity contribution is -0.380. The number of nitrogens with one attached hydrogen (secondary N) is 1. The van der Waals surface area contributed by atoms with Gasteiger partial charge in [-0.25, -0.2) is 19.6 Å². The average molecular weight is 614 g/mol. The number of hydrogen-bond donors (Lipinski definition) is 1. The van der Waals surface area contributed by atoms with Gasteiger partial charge in [-0.05, 0) is 41.5 Å². The summed E-state index contributed by atoms with van der Waals surface area (Å²) in [5.41, 5.74) is -0.887. The number of nitrogens with zero attached hydrogens (tertiary/aromatic N) is 3. The number of aliphatic hydroxyl groups is 1. The summed E-state index contributed by atoms with van der Waals surface area (Å²) in [5, 5.41) is 14.9. The lowest BCUT2D eigenvalue weighted by atomic mass is 10.2. The number of likely N-dealkylation sites (tertiary alicyclic amines) is 2. The van der Waals surface area contributed by atoms with Crippen molar-refractivity contribution in [2.75, 3.05) is 26.2 Å². The van der Waals surface area contributed by atoms with E-state index in [1.54, 1.807) is 33.8 Å². The Kier molecular flexibility index (Phi) is 14.3. The summed E-state index contributed by atoms with van der Waals surface area (Å²) in [6, 6.07) is 0. The maximum absolute atomic E-state index is 11.7. The largest absolute Gasteiger partial charge is 1.00 e. The first kappa shape index (κ1) is 34.3. The van der Waals surface area contributed by atoms with E-state index >= 15 is 0 Å². The number of aliphatic hydroxyl groups excluding tert-OH is 1. The quantitative estimate of drug-likeness (QED) is 0.516. The van der Waals surface area contributed by atoms with E-state index in [1.807, 2.05) is 58.5 Å². The standard InChI is InChI=1S/C12H18N2O3S.C8H15NO3.C4H4ClNS.ClH/c1-12(2,3)17-11(15)14-6-9(7-14)16-8-10-13-4-5-18-10;1-8(2,3)12-7(11)9-4-6(10)5-9;5-3-4-6-1-2-7-4;/h4-5,9H,6-8H2,1-3H3;6,10H,4-5H2,1-3H3;1-2H,3H2;1H. The third-order valence-electron chi connectivity index (χ3n) is 4.58. The molecule has 0 saturated carbocycles. The Morgan fingerprint density at radius 1 is 1.03 bits per heavy atom. The van der Waals surface area contributed by atoms with Gasteiger partial charge in [0.2, 0.25) is 0 Å². The summed E-state index contributed by atoms with van der Waals surface area (Å²) in [5.74, 6) is 0.595. The molecule has 38 heavy (non-hydrogen) atoms. The fourth-order valence-electron chi connectivity index (χ4n) is 2.81. The number of H-pyrrole nitrogens is 1. The second-order valence-corrected chi connectivity index (χ2v) is 12.7. The zero-order chi connectivity index (χ0) is 27.6. The molecular weight excluding hydrogens is 575 g/mol. The van der Waals surface area contributed by atoms with E-state index in [-0.39, 0.29) is 36.8 Å². The molecule has 4 heterocycles. The predicted octanol–water partition coefficient (Wildman–Crippen LogP) is 1.18. The maximum Gasteiger partial charge on any atom is 0.410 e. The number of β-amino-alcohol motifs (C(OH)–C–C–N with tert-alkyl or cyclic N) is 1. The number of carbonyl (C=O) groups excluding carboxylic acids is 2. The topological polar surface area (TPSA) is 116 Å². The van der Waals surface area contributed by atoms with Crippen LogP contribution in [0.25, 0.3) is 0 Å². The van der Waals surface area contributed by atoms with Gasteiger partial charge in [-0.15, -0.1) is 22.9 Å². The van der Waals surface area contributed by atoms with E-state index in [0.717, 1.165) is 10.0 Å². The Morgan fingerprint density at radius 2 is 1.58 bits per heavy atom. The van der Waals surface area contributed by atoms with Crippen molar-refractivity contribution in [3.05, 3.63) is 33.2 Å². The van der Waals surface area contributed by atoms with Gasteiger partial charge in [0.05, 0.1) is 50.4 Å². The van der Waals surface area contributed by atoms with E-state index in [4.69, 9.17) is 30.9 Å². The molecule has 0 bridgehead atoms. The van der Waals surface area contributed by atoms with Crippen LogP contribution in [0.4, 0.5) is 9.59 Å². The van der Waals surface area contributed by atoms with Gasteiger partial charge in [-0.2, -0.15) is 0 Å². The normalized spacial score (nSPS) is 15.5.